The number of nitrogens with zero attached hydrogens (tertiary/aromatic N) is 2. The average molecular weight is 264 g/mol. The maximum absolute atomic E-state index is 12.3. The van der Waals surface area contributed by atoms with Gasteiger partial charge in [-0.1, -0.05) is 0 Å². The van der Waals surface area contributed by atoms with Crippen LogP contribution in [0, 0.1) is 0 Å². The molecular formula is C13H16N2O4. The molecule has 0 bridgehead atoms. The molecule has 1 aromatic rings. The smallest absolute Gasteiger partial charge is 0.337 e. The van der Waals surface area contributed by atoms with Crippen LogP contribution in [-0.2, 0) is 4.74 Å². The van der Waals surface area contributed by atoms with Crippen molar-refractivity contribution in [1.82, 2.24) is 9.88 Å². The van der Waals surface area contributed by atoms with E-state index in [4.69, 9.17) is 9.84 Å². The Bertz CT molecular complexity index is 486. The number of morpholine rings is 1. The van der Waals surface area contributed by atoms with Gasteiger partial charge in [-0.25, -0.2) is 4.79 Å². The molecule has 102 valence electrons. The first-order valence-corrected chi connectivity index (χ1v) is 6.11. The minimum atomic E-state index is -1.06. The second kappa shape index (κ2) is 5.36. The largest absolute Gasteiger partial charge is 0.478 e. The van der Waals surface area contributed by atoms with Gasteiger partial charge in [0, 0.05) is 12.7 Å². The van der Waals surface area contributed by atoms with Crippen molar-refractivity contribution in [3.8, 4) is 0 Å². The first-order valence-electron chi connectivity index (χ1n) is 6.11. The molecule has 0 spiro atoms. The Morgan fingerprint density at radius 3 is 2.74 bits per heavy atom. The van der Waals surface area contributed by atoms with Crippen LogP contribution in [0.3, 0.4) is 0 Å². The van der Waals surface area contributed by atoms with Gasteiger partial charge >= 0.3 is 5.97 Å². The van der Waals surface area contributed by atoms with Crippen molar-refractivity contribution in [2.45, 2.75) is 26.0 Å². The third kappa shape index (κ3) is 2.90. The summed E-state index contributed by atoms with van der Waals surface area (Å²) in [5.41, 5.74) is 0.325. The first kappa shape index (κ1) is 13.5. The molecule has 2 rings (SSSR count). The van der Waals surface area contributed by atoms with Crippen LogP contribution < -0.4 is 0 Å². The number of ether oxygens (including phenoxy) is 1. The van der Waals surface area contributed by atoms with Crippen LogP contribution >= 0.6 is 0 Å². The molecule has 6 nitrogen and oxygen atoms in total. The van der Waals surface area contributed by atoms with Crippen LogP contribution in [0.2, 0.25) is 0 Å². The highest BCUT2D eigenvalue weighted by Crippen LogP contribution is 2.14. The number of pyridine rings is 1. The van der Waals surface area contributed by atoms with E-state index >= 15 is 0 Å². The quantitative estimate of drug-likeness (QED) is 0.863. The first-order chi connectivity index (χ1) is 8.99. The molecule has 1 amide bonds. The number of amides is 1. The van der Waals surface area contributed by atoms with E-state index in [2.05, 4.69) is 4.98 Å². The lowest BCUT2D eigenvalue weighted by Gasteiger charge is -2.36. The van der Waals surface area contributed by atoms with Crippen LogP contribution in [-0.4, -0.2) is 52.2 Å². The fourth-order valence-electron chi connectivity index (χ4n) is 1.98. The monoisotopic (exact) mass is 264 g/mol. The van der Waals surface area contributed by atoms with Gasteiger partial charge in [0.15, 0.2) is 0 Å². The standard InChI is InChI=1S/C13H16N2O4/c1-8-7-19-9(2)6-15(8)12(16)11-4-3-10(5-14-11)13(17)18/h3-5,8-9H,6-7H2,1-2H3,(H,17,18). The molecule has 0 aliphatic carbocycles. The number of carboxylic acids is 1. The normalized spacial score (nSPS) is 23.2. The molecule has 1 N–H and O–H groups in total. The van der Waals surface area contributed by atoms with E-state index < -0.39 is 5.97 Å². The lowest BCUT2D eigenvalue weighted by Crippen LogP contribution is -2.50. The summed E-state index contributed by atoms with van der Waals surface area (Å²) >= 11 is 0. The van der Waals surface area contributed by atoms with Crippen molar-refractivity contribution in [1.29, 1.82) is 0 Å². The number of rotatable bonds is 2. The molecule has 2 unspecified atom stereocenters. The Morgan fingerprint density at radius 1 is 1.42 bits per heavy atom. The molecule has 1 aromatic heterocycles. The number of hydrogen-bond donors (Lipinski definition) is 1. The van der Waals surface area contributed by atoms with Crippen LogP contribution in [0.4, 0.5) is 0 Å². The van der Waals surface area contributed by atoms with E-state index in [0.717, 1.165) is 0 Å². The minimum absolute atomic E-state index is 0.00144. The zero-order chi connectivity index (χ0) is 14.0. The predicted molar refractivity (Wildman–Crippen MR) is 67.1 cm³/mol. The molecule has 2 heterocycles. The predicted octanol–water partition coefficient (Wildman–Crippen LogP) is 1.03. The number of hydrogen-bond acceptors (Lipinski definition) is 4. The Balaban J connectivity index is 2.16. The van der Waals surface area contributed by atoms with Crippen LogP contribution in [0.1, 0.15) is 34.7 Å². The maximum atomic E-state index is 12.3. The number of carbonyl (C=O) groups is 2. The van der Waals surface area contributed by atoms with E-state index in [1.807, 2.05) is 13.8 Å². The third-order valence-corrected chi connectivity index (χ3v) is 3.10. The summed E-state index contributed by atoms with van der Waals surface area (Å²) in [7, 11) is 0. The molecule has 1 saturated heterocycles. The van der Waals surface area contributed by atoms with Gasteiger partial charge < -0.3 is 14.7 Å². The van der Waals surface area contributed by atoms with E-state index in [1.165, 1.54) is 18.3 Å². The molecule has 0 aromatic carbocycles. The fraction of sp³-hybridized carbons (Fsp3) is 0.462. The van der Waals surface area contributed by atoms with Gasteiger partial charge in [-0.15, -0.1) is 0 Å². The number of carboxylic acid groups (broad SMARTS) is 1. The summed E-state index contributed by atoms with van der Waals surface area (Å²) in [6.07, 6.45) is 1.20. The molecular weight excluding hydrogens is 248 g/mol. The van der Waals surface area contributed by atoms with Crippen molar-refractivity contribution in [3.63, 3.8) is 0 Å². The van der Waals surface area contributed by atoms with Gasteiger partial charge in [0.05, 0.1) is 24.3 Å². The van der Waals surface area contributed by atoms with E-state index in [-0.39, 0.29) is 29.3 Å². The Labute approximate surface area is 111 Å². The lowest BCUT2D eigenvalue weighted by molar-refractivity contribution is -0.0389. The SMILES string of the molecule is CC1CN(C(=O)c2ccc(C(=O)O)cn2)C(C)CO1. The minimum Gasteiger partial charge on any atom is -0.478 e. The van der Waals surface area contributed by atoms with Crippen LogP contribution in [0.5, 0.6) is 0 Å². The Morgan fingerprint density at radius 2 is 2.16 bits per heavy atom. The second-order valence-electron chi connectivity index (χ2n) is 4.69. The van der Waals surface area contributed by atoms with Gasteiger partial charge in [0.1, 0.15) is 5.69 Å². The van der Waals surface area contributed by atoms with E-state index in [1.54, 1.807) is 4.90 Å². The van der Waals surface area contributed by atoms with Gasteiger partial charge in [-0.05, 0) is 26.0 Å². The lowest BCUT2D eigenvalue weighted by atomic mass is 10.1. The molecule has 1 aliphatic heterocycles. The Kier molecular flexibility index (Phi) is 3.80. The van der Waals surface area contributed by atoms with Crippen molar-refractivity contribution in [3.05, 3.63) is 29.6 Å². The van der Waals surface area contributed by atoms with Crippen molar-refractivity contribution >= 4 is 11.9 Å². The number of aromatic nitrogens is 1. The summed E-state index contributed by atoms with van der Waals surface area (Å²) < 4.78 is 5.46. The average Bonchev–Trinajstić information content (AvgIpc) is 2.41. The summed E-state index contributed by atoms with van der Waals surface area (Å²) in [5.74, 6) is -1.25. The zero-order valence-corrected chi connectivity index (χ0v) is 10.9. The highest BCUT2D eigenvalue weighted by molar-refractivity contribution is 5.94. The molecule has 1 fully saturated rings. The van der Waals surface area contributed by atoms with E-state index in [9.17, 15) is 9.59 Å². The van der Waals surface area contributed by atoms with Crippen molar-refractivity contribution < 1.29 is 19.4 Å². The highest BCUT2D eigenvalue weighted by atomic mass is 16.5. The topological polar surface area (TPSA) is 79.7 Å². The van der Waals surface area contributed by atoms with Gasteiger partial charge in [0.25, 0.3) is 5.91 Å². The summed E-state index contributed by atoms with van der Waals surface area (Å²) in [4.78, 5) is 28.7. The number of carbonyl (C=O) groups excluding carboxylic acids is 1. The summed E-state index contributed by atoms with van der Waals surface area (Å²) in [6, 6.07) is 2.82. The number of aromatic carboxylic acids is 1. The summed E-state index contributed by atoms with van der Waals surface area (Å²) in [6.45, 7) is 4.84. The second-order valence-corrected chi connectivity index (χ2v) is 4.69. The van der Waals surface area contributed by atoms with Gasteiger partial charge in [-0.2, -0.15) is 0 Å². The molecule has 19 heavy (non-hydrogen) atoms. The Hall–Kier alpha value is -1.95. The molecule has 2 atom stereocenters. The van der Waals surface area contributed by atoms with Crippen LogP contribution in [0.25, 0.3) is 0 Å². The van der Waals surface area contributed by atoms with Crippen LogP contribution in [0.15, 0.2) is 18.3 Å². The van der Waals surface area contributed by atoms with Gasteiger partial charge in [0.2, 0.25) is 0 Å². The molecule has 0 saturated carbocycles. The summed E-state index contributed by atoms with van der Waals surface area (Å²) in [5, 5.41) is 8.79. The zero-order valence-electron chi connectivity index (χ0n) is 10.9. The van der Waals surface area contributed by atoms with Crippen molar-refractivity contribution in [2.75, 3.05) is 13.2 Å². The van der Waals surface area contributed by atoms with Gasteiger partial charge in [-0.3, -0.25) is 9.78 Å². The fourth-order valence-corrected chi connectivity index (χ4v) is 1.98. The van der Waals surface area contributed by atoms with E-state index in [0.29, 0.717) is 13.2 Å². The molecule has 6 heteroatoms. The molecule has 1 aliphatic rings. The maximum Gasteiger partial charge on any atom is 0.337 e. The molecule has 0 radical (unpaired) electrons. The third-order valence-electron chi connectivity index (χ3n) is 3.10. The van der Waals surface area contributed by atoms with Crippen molar-refractivity contribution in [2.24, 2.45) is 0 Å². The highest BCUT2D eigenvalue weighted by Gasteiger charge is 2.28.